The van der Waals surface area contributed by atoms with Gasteiger partial charge in [-0.2, -0.15) is 12.6 Å². The standard InChI is InChI=1S/C46H62N4O11.C5H11NO2S/c1-22(2)21-50-18-16-46(17-19-50)48-34-31-32-39(54)28(8)42-33(31)43(56)45(10,61-42)59-20-15-30(58-11)25(5)41(60-29(9)51)27(7)38(53)26(6)37(52)23(3)13-12-14-24(4)44(57)47-36(40(32)55)35(34)49-46;1-5(2,9)3(6)4(7)8/h12-15,20,22-23,25-27,30,37-38,41,48,52-55H,16-19,21H2,1-11H3;3,9H,6H2,1-2H3,(H,7,8)/b13-12+,20-15+,24-14-,47-36?;/t23-,25+,26+,27+,30-,37-,38+,41+,45-;3-/m00/s1. The highest BCUT2D eigenvalue weighted by atomic mass is 32.1. The number of methoxy groups -OCH3 is 1. The number of ether oxygens (including phenoxy) is 4. The van der Waals surface area contributed by atoms with Crippen LogP contribution in [0.2, 0.25) is 0 Å². The van der Waals surface area contributed by atoms with Gasteiger partial charge in [-0.05, 0) is 39.7 Å². The lowest BCUT2D eigenvalue weighted by molar-refractivity contribution is -0.160. The molecule has 0 unspecified atom stereocenters. The first-order chi connectivity index (χ1) is 32.5. The number of carboxylic acid groups (broad SMARTS) is 1. The molecule has 4 heterocycles. The lowest BCUT2D eigenvalue weighted by atomic mass is 9.78. The maximum atomic E-state index is 14.7. The molecule has 2 aromatic carbocycles. The molecule has 4 bridgehead atoms. The number of esters is 1. The normalized spacial score (nSPS) is 30.4. The molecule has 2 aromatic rings. The number of fused-ring (bicyclic) bond motifs is 1. The molecule has 0 aliphatic carbocycles. The summed E-state index contributed by atoms with van der Waals surface area (Å²) in [5.41, 5.74) is 5.11. The Morgan fingerprint density at radius 2 is 1.63 bits per heavy atom. The molecule has 8 N–H and O–H groups in total. The molecular formula is C51H73N5O13S. The van der Waals surface area contributed by atoms with Crippen molar-refractivity contribution in [1.82, 2.24) is 4.90 Å². The van der Waals surface area contributed by atoms with Crippen molar-refractivity contribution in [2.75, 3.05) is 32.1 Å². The molecule has 4 aliphatic rings. The zero-order chi connectivity index (χ0) is 52.5. The third-order valence-electron chi connectivity index (χ3n) is 13.9. The molecule has 1 amide bonds. The number of piperidine rings is 1. The number of likely N-dealkylation sites (tertiary alicyclic amines) is 1. The minimum absolute atomic E-state index is 0.0538. The number of aliphatic hydroxyl groups excluding tert-OH is 2. The number of aliphatic hydroxyl groups is 2. The van der Waals surface area contributed by atoms with Gasteiger partial charge >= 0.3 is 17.7 Å². The lowest BCUT2D eigenvalue weighted by Gasteiger charge is -2.38. The smallest absolute Gasteiger partial charge is 0.321 e. The van der Waals surface area contributed by atoms with Crippen LogP contribution in [0.15, 0.2) is 46.1 Å². The van der Waals surface area contributed by atoms with E-state index >= 15 is 0 Å². The Bertz CT molecular complexity index is 2570. The van der Waals surface area contributed by atoms with Gasteiger partial charge in [-0.1, -0.05) is 59.8 Å². The van der Waals surface area contributed by atoms with Gasteiger partial charge in [0.2, 0.25) is 0 Å². The van der Waals surface area contributed by atoms with Crippen molar-refractivity contribution in [2.24, 2.45) is 45.3 Å². The van der Waals surface area contributed by atoms with Crippen LogP contribution in [0.5, 0.6) is 17.2 Å². The van der Waals surface area contributed by atoms with Crippen molar-refractivity contribution in [3.8, 4) is 17.2 Å². The maximum absolute atomic E-state index is 14.7. The number of carbonyl (C=O) groups is 4. The number of amides is 1. The number of carboxylic acids is 1. The molecule has 1 spiro atoms. The van der Waals surface area contributed by atoms with Crippen LogP contribution in [0.1, 0.15) is 105 Å². The van der Waals surface area contributed by atoms with Gasteiger partial charge in [-0.25, -0.2) is 4.99 Å². The molecule has 4 aliphatic heterocycles. The molecule has 19 heteroatoms. The van der Waals surface area contributed by atoms with Crippen molar-refractivity contribution in [3.05, 3.63) is 58.0 Å². The van der Waals surface area contributed by atoms with E-state index in [1.807, 2.05) is 0 Å². The minimum Gasteiger partial charge on any atom is -0.507 e. The zero-order valence-corrected chi connectivity index (χ0v) is 43.5. The number of aromatic hydroxyl groups is 2. The number of thiol groups is 1. The zero-order valence-electron chi connectivity index (χ0n) is 42.6. The molecule has 386 valence electrons. The van der Waals surface area contributed by atoms with Crippen LogP contribution < -0.4 is 26.5 Å². The summed E-state index contributed by atoms with van der Waals surface area (Å²) in [6.45, 7) is 22.9. The van der Waals surface area contributed by atoms with Crippen LogP contribution in [0.25, 0.3) is 10.8 Å². The first-order valence-corrected chi connectivity index (χ1v) is 24.2. The number of nitrogens with one attached hydrogen (secondary N) is 1. The second-order valence-electron chi connectivity index (χ2n) is 20.4. The first kappa shape index (κ1) is 55.9. The SMILES string of the molecule is CC(C)(S)[C@@H](N)C(=O)O.CO[C@H]1/C=C/O[C@@]2(C)Oc3c(C)c(O)c4c(O)c(c5c(c4c3C2=O)NC2(CCN(CC(C)C)CC2)N=5)=NC(=O)/C(C)=C\C=C\[C@H](C)[C@H](O)[C@@H](C)[C@@H](O)[C@@H](C)[C@H](OC(C)=O)[C@@H]1C. The Labute approximate surface area is 415 Å². The number of phenols is 2. The van der Waals surface area contributed by atoms with E-state index in [-0.39, 0.29) is 49.7 Å². The Morgan fingerprint density at radius 1 is 1.00 bits per heavy atom. The molecular weight excluding hydrogens is 923 g/mol. The highest BCUT2D eigenvalue weighted by molar-refractivity contribution is 7.81. The molecule has 1 saturated heterocycles. The first-order valence-electron chi connectivity index (χ1n) is 23.8. The summed E-state index contributed by atoms with van der Waals surface area (Å²) >= 11 is 3.98. The van der Waals surface area contributed by atoms with E-state index in [9.17, 15) is 39.6 Å². The van der Waals surface area contributed by atoms with Gasteiger partial charge in [0.1, 0.15) is 40.0 Å². The second-order valence-corrected chi connectivity index (χ2v) is 21.6. The number of aliphatic carboxylic acids is 1. The van der Waals surface area contributed by atoms with Crippen molar-refractivity contribution in [2.45, 2.75) is 143 Å². The molecule has 18 nitrogen and oxygen atoms in total. The number of ketones is 1. The number of anilines is 1. The van der Waals surface area contributed by atoms with Gasteiger partial charge in [0.05, 0.1) is 41.2 Å². The van der Waals surface area contributed by atoms with Crippen molar-refractivity contribution < 1.29 is 63.7 Å². The van der Waals surface area contributed by atoms with Gasteiger partial charge < -0.3 is 60.4 Å². The molecule has 70 heavy (non-hydrogen) atoms. The van der Waals surface area contributed by atoms with E-state index < -0.39 is 99.7 Å². The molecule has 6 rings (SSSR count). The summed E-state index contributed by atoms with van der Waals surface area (Å²) in [5.74, 6) is -7.59. The van der Waals surface area contributed by atoms with E-state index in [0.29, 0.717) is 24.4 Å². The lowest BCUT2D eigenvalue weighted by Crippen LogP contribution is -2.47. The number of phenolic OH excluding ortho intramolecular Hbond substituents is 2. The topological polar surface area (TPSA) is 272 Å². The number of nitrogens with two attached hydrogens (primary N) is 1. The fourth-order valence-electron chi connectivity index (χ4n) is 9.54. The summed E-state index contributed by atoms with van der Waals surface area (Å²) in [6, 6.07) is -0.902. The number of Topliss-reactive ketones (excluding diaryl/α,β-unsaturated/α-hetero) is 1. The Hall–Kier alpha value is -5.05. The molecule has 0 radical (unpaired) electrons. The fourth-order valence-corrected chi connectivity index (χ4v) is 9.65. The Morgan fingerprint density at radius 3 is 2.17 bits per heavy atom. The Kier molecular flexibility index (Phi) is 17.4. The van der Waals surface area contributed by atoms with E-state index in [4.69, 9.17) is 34.8 Å². The third kappa shape index (κ3) is 11.5. The molecule has 1 fully saturated rings. The van der Waals surface area contributed by atoms with Crippen molar-refractivity contribution in [3.63, 3.8) is 0 Å². The van der Waals surface area contributed by atoms with Crippen LogP contribution >= 0.6 is 12.6 Å². The predicted molar refractivity (Wildman–Crippen MR) is 266 cm³/mol. The van der Waals surface area contributed by atoms with Crippen LogP contribution in [0.3, 0.4) is 0 Å². The number of carbonyl (C=O) groups excluding carboxylic acids is 3. The van der Waals surface area contributed by atoms with Gasteiger partial charge in [-0.15, -0.1) is 0 Å². The number of rotatable bonds is 6. The highest BCUT2D eigenvalue weighted by Crippen LogP contribution is 2.51. The largest absolute Gasteiger partial charge is 0.507 e. The van der Waals surface area contributed by atoms with Crippen molar-refractivity contribution >= 4 is 52.7 Å². The van der Waals surface area contributed by atoms with Gasteiger partial charge in [0.15, 0.2) is 5.75 Å². The number of nitrogens with zero attached hydrogens (tertiary/aromatic N) is 3. The predicted octanol–water partition coefficient (Wildman–Crippen LogP) is 4.86. The molecule has 10 atom stereocenters. The average Bonchev–Trinajstić information content (AvgIpc) is 3.79. The number of benzene rings is 2. The van der Waals surface area contributed by atoms with Crippen LogP contribution in [0, 0.1) is 36.5 Å². The van der Waals surface area contributed by atoms with E-state index in [1.165, 1.54) is 27.2 Å². The number of hydrogen-bond acceptors (Lipinski definition) is 17. The number of hydrogen-bond donors (Lipinski definition) is 8. The number of allylic oxidation sites excluding steroid dienone is 2. The van der Waals surface area contributed by atoms with Crippen molar-refractivity contribution in [1.29, 1.82) is 0 Å². The summed E-state index contributed by atoms with van der Waals surface area (Å²) in [4.78, 5) is 63.1. The summed E-state index contributed by atoms with van der Waals surface area (Å²) < 4.78 is 23.3. The average molecular weight is 996 g/mol. The second kappa shape index (κ2) is 21.7. The van der Waals surface area contributed by atoms with Crippen LogP contribution in [0.4, 0.5) is 5.69 Å². The van der Waals surface area contributed by atoms with Crippen LogP contribution in [-0.4, -0.2) is 127 Å². The van der Waals surface area contributed by atoms with E-state index in [1.54, 1.807) is 79.7 Å². The van der Waals surface area contributed by atoms with Gasteiger partial charge in [0, 0.05) is 98.4 Å². The monoisotopic (exact) mass is 995 g/mol. The van der Waals surface area contributed by atoms with Gasteiger partial charge in [0.25, 0.3) is 11.7 Å². The fraction of sp³-hybridized carbons (Fsp3) is 0.608. The van der Waals surface area contributed by atoms with E-state index in [0.717, 1.165) is 19.6 Å². The molecule has 0 saturated carbocycles. The Balaban J connectivity index is 0.000000921. The maximum Gasteiger partial charge on any atom is 0.321 e. The molecule has 0 aromatic heterocycles. The highest BCUT2D eigenvalue weighted by Gasteiger charge is 2.51. The summed E-state index contributed by atoms with van der Waals surface area (Å²) in [6.07, 6.45) is 5.07. The van der Waals surface area contributed by atoms with E-state index in [2.05, 4.69) is 41.7 Å². The quantitative estimate of drug-likeness (QED) is 0.109. The van der Waals surface area contributed by atoms with Crippen LogP contribution in [-0.2, 0) is 28.6 Å². The van der Waals surface area contributed by atoms with Gasteiger partial charge in [-0.3, -0.25) is 24.2 Å². The summed E-state index contributed by atoms with van der Waals surface area (Å²) in [7, 11) is 1.47. The minimum atomic E-state index is -1.95. The third-order valence-corrected chi connectivity index (χ3v) is 14.2. The summed E-state index contributed by atoms with van der Waals surface area (Å²) in [5, 5.41) is 58.9.